The van der Waals surface area contributed by atoms with Crippen molar-refractivity contribution in [3.05, 3.63) is 64.0 Å². The summed E-state index contributed by atoms with van der Waals surface area (Å²) in [6, 6.07) is 16.2. The van der Waals surface area contributed by atoms with Crippen molar-refractivity contribution >= 4 is 50.1 Å². The van der Waals surface area contributed by atoms with Gasteiger partial charge in [0, 0.05) is 16.1 Å². The number of rotatable bonds is 1. The molecule has 4 aromatic rings. The van der Waals surface area contributed by atoms with Gasteiger partial charge < -0.3 is 4.98 Å². The lowest BCUT2D eigenvalue weighted by molar-refractivity contribution is 1.07. The van der Waals surface area contributed by atoms with Crippen molar-refractivity contribution in [1.29, 1.82) is 0 Å². The minimum atomic E-state index is 0.680. The van der Waals surface area contributed by atoms with E-state index in [0.717, 1.165) is 32.1 Å². The summed E-state index contributed by atoms with van der Waals surface area (Å²) in [5, 5.41) is 1.08. The molecule has 0 bridgehead atoms. The number of nitrogens with zero attached hydrogens (tertiary/aromatic N) is 2. The number of H-pyrrole nitrogens is 1. The largest absolute Gasteiger partial charge is 0.330 e. The second kappa shape index (κ2) is 4.79. The van der Waals surface area contributed by atoms with E-state index in [-0.39, 0.29) is 0 Å². The number of hydrogen-bond acceptors (Lipinski definition) is 2. The molecule has 4 rings (SSSR count). The molecule has 0 aliphatic rings. The molecule has 0 aliphatic heterocycles. The van der Waals surface area contributed by atoms with E-state index >= 15 is 0 Å². The van der Waals surface area contributed by atoms with E-state index in [9.17, 15) is 0 Å². The van der Waals surface area contributed by atoms with Crippen LogP contribution in [0.4, 0.5) is 0 Å². The van der Waals surface area contributed by atoms with E-state index in [4.69, 9.17) is 12.2 Å². The Morgan fingerprint density at radius 3 is 2.90 bits per heavy atom. The van der Waals surface area contributed by atoms with Crippen molar-refractivity contribution in [1.82, 2.24) is 14.5 Å². The van der Waals surface area contributed by atoms with Crippen molar-refractivity contribution in [3.8, 4) is 5.69 Å². The van der Waals surface area contributed by atoms with E-state index in [1.54, 1.807) is 6.20 Å². The predicted molar refractivity (Wildman–Crippen MR) is 91.5 cm³/mol. The highest BCUT2D eigenvalue weighted by molar-refractivity contribution is 9.10. The van der Waals surface area contributed by atoms with Gasteiger partial charge in [-0.2, -0.15) is 0 Å². The summed E-state index contributed by atoms with van der Waals surface area (Å²) in [7, 11) is 0. The van der Waals surface area contributed by atoms with Gasteiger partial charge in [-0.3, -0.25) is 9.55 Å². The molecular weight excluding hydrogens is 346 g/mol. The number of aromatic nitrogens is 3. The summed E-state index contributed by atoms with van der Waals surface area (Å²) in [6.07, 6.45) is 1.80. The standard InChI is InChI=1S/C16H10BrN3S/c17-10-6-7-13-15(9-10)20(16(21)19-13)14-5-1-4-12-11(14)3-2-8-18-12/h1-9H,(H,19,21). The fourth-order valence-electron chi connectivity index (χ4n) is 2.60. The minimum Gasteiger partial charge on any atom is -0.330 e. The topological polar surface area (TPSA) is 33.6 Å². The van der Waals surface area contributed by atoms with E-state index in [0.29, 0.717) is 4.77 Å². The fourth-order valence-corrected chi connectivity index (χ4v) is 3.25. The third kappa shape index (κ3) is 2.01. The summed E-state index contributed by atoms with van der Waals surface area (Å²) in [5.74, 6) is 0. The molecule has 21 heavy (non-hydrogen) atoms. The summed E-state index contributed by atoms with van der Waals surface area (Å²) < 4.78 is 3.76. The van der Waals surface area contributed by atoms with Gasteiger partial charge >= 0.3 is 0 Å². The highest BCUT2D eigenvalue weighted by Gasteiger charge is 2.10. The van der Waals surface area contributed by atoms with Crippen LogP contribution in [0.1, 0.15) is 0 Å². The first-order valence-corrected chi connectivity index (χ1v) is 7.68. The number of hydrogen-bond donors (Lipinski definition) is 1. The van der Waals surface area contributed by atoms with Crippen molar-refractivity contribution in [2.75, 3.05) is 0 Å². The Morgan fingerprint density at radius 1 is 1.10 bits per heavy atom. The molecule has 0 radical (unpaired) electrons. The van der Waals surface area contributed by atoms with Gasteiger partial charge in [-0.25, -0.2) is 0 Å². The number of halogens is 1. The summed E-state index contributed by atoms with van der Waals surface area (Å²) >= 11 is 9.04. The normalized spacial score (nSPS) is 11.3. The van der Waals surface area contributed by atoms with Gasteiger partial charge in [0.1, 0.15) is 0 Å². The van der Waals surface area contributed by atoms with Gasteiger partial charge in [-0.1, -0.05) is 22.0 Å². The quantitative estimate of drug-likeness (QED) is 0.487. The van der Waals surface area contributed by atoms with Crippen LogP contribution in [0, 0.1) is 4.77 Å². The maximum Gasteiger partial charge on any atom is 0.182 e. The van der Waals surface area contributed by atoms with Crippen molar-refractivity contribution < 1.29 is 0 Å². The van der Waals surface area contributed by atoms with Gasteiger partial charge in [0.2, 0.25) is 0 Å². The summed E-state index contributed by atoms with van der Waals surface area (Å²) in [5.41, 5.74) is 4.06. The van der Waals surface area contributed by atoms with Gasteiger partial charge in [0.15, 0.2) is 4.77 Å². The van der Waals surface area contributed by atoms with Crippen LogP contribution in [0.5, 0.6) is 0 Å². The lowest BCUT2D eigenvalue weighted by Gasteiger charge is -2.08. The fraction of sp³-hybridized carbons (Fsp3) is 0. The van der Waals surface area contributed by atoms with E-state index in [2.05, 4.69) is 48.7 Å². The zero-order chi connectivity index (χ0) is 14.4. The zero-order valence-corrected chi connectivity index (χ0v) is 13.3. The molecule has 0 aliphatic carbocycles. The van der Waals surface area contributed by atoms with Crippen LogP contribution >= 0.6 is 28.1 Å². The number of pyridine rings is 1. The molecule has 102 valence electrons. The molecule has 2 heterocycles. The zero-order valence-electron chi connectivity index (χ0n) is 10.9. The highest BCUT2D eigenvalue weighted by Crippen LogP contribution is 2.27. The SMILES string of the molecule is S=c1[nH]c2ccc(Br)cc2n1-c1cccc2ncccc12. The van der Waals surface area contributed by atoms with E-state index < -0.39 is 0 Å². The molecule has 2 aromatic carbocycles. The summed E-state index contributed by atoms with van der Waals surface area (Å²) in [6.45, 7) is 0. The predicted octanol–water partition coefficient (Wildman–Crippen LogP) is 5.00. The molecule has 5 heteroatoms. The second-order valence-corrected chi connectivity index (χ2v) is 6.08. The number of fused-ring (bicyclic) bond motifs is 2. The Balaban J connectivity index is 2.16. The lowest BCUT2D eigenvalue weighted by Crippen LogP contribution is -1.95. The van der Waals surface area contributed by atoms with Crippen molar-refractivity contribution in [3.63, 3.8) is 0 Å². The maximum absolute atomic E-state index is 5.51. The molecule has 3 nitrogen and oxygen atoms in total. The molecular formula is C16H10BrN3S. The van der Waals surface area contributed by atoms with Crippen LogP contribution in [-0.4, -0.2) is 14.5 Å². The molecule has 0 atom stereocenters. The molecule has 1 N–H and O–H groups in total. The van der Waals surface area contributed by atoms with Crippen LogP contribution in [0.25, 0.3) is 27.6 Å². The number of imidazole rings is 1. The molecule has 2 aromatic heterocycles. The average Bonchev–Trinajstić information content (AvgIpc) is 2.82. The molecule has 0 spiro atoms. The first-order valence-electron chi connectivity index (χ1n) is 6.48. The smallest absolute Gasteiger partial charge is 0.182 e. The van der Waals surface area contributed by atoms with E-state index in [1.165, 1.54) is 0 Å². The summed E-state index contributed by atoms with van der Waals surface area (Å²) in [4.78, 5) is 7.67. The molecule has 0 saturated carbocycles. The number of nitrogens with one attached hydrogen (secondary N) is 1. The van der Waals surface area contributed by atoms with Gasteiger partial charge in [0.25, 0.3) is 0 Å². The van der Waals surface area contributed by atoms with Gasteiger partial charge in [0.05, 0.1) is 22.2 Å². The first-order chi connectivity index (χ1) is 10.2. The Kier molecular flexibility index (Phi) is 2.90. The second-order valence-electron chi connectivity index (χ2n) is 4.77. The highest BCUT2D eigenvalue weighted by atomic mass is 79.9. The third-order valence-corrected chi connectivity index (χ3v) is 4.29. The number of benzene rings is 2. The number of aromatic amines is 1. The lowest BCUT2D eigenvalue weighted by atomic mass is 10.1. The monoisotopic (exact) mass is 355 g/mol. The third-order valence-electron chi connectivity index (χ3n) is 3.51. The Bertz CT molecular complexity index is 1030. The van der Waals surface area contributed by atoms with Gasteiger partial charge in [-0.15, -0.1) is 0 Å². The van der Waals surface area contributed by atoms with Crippen LogP contribution in [0.2, 0.25) is 0 Å². The Hall–Kier alpha value is -1.98. The Labute approximate surface area is 134 Å². The van der Waals surface area contributed by atoms with Crippen LogP contribution in [0.15, 0.2) is 59.2 Å². The average molecular weight is 356 g/mol. The van der Waals surface area contributed by atoms with Crippen molar-refractivity contribution in [2.45, 2.75) is 0 Å². The van der Waals surface area contributed by atoms with E-state index in [1.807, 2.05) is 30.3 Å². The van der Waals surface area contributed by atoms with Crippen LogP contribution in [-0.2, 0) is 0 Å². The Morgan fingerprint density at radius 2 is 2.00 bits per heavy atom. The van der Waals surface area contributed by atoms with Crippen LogP contribution in [0.3, 0.4) is 0 Å². The molecule has 0 saturated heterocycles. The molecule has 0 unspecified atom stereocenters. The van der Waals surface area contributed by atoms with Crippen LogP contribution < -0.4 is 0 Å². The molecule has 0 fully saturated rings. The first kappa shape index (κ1) is 12.7. The van der Waals surface area contributed by atoms with Crippen molar-refractivity contribution in [2.24, 2.45) is 0 Å². The van der Waals surface area contributed by atoms with Gasteiger partial charge in [-0.05, 0) is 54.7 Å². The maximum atomic E-state index is 5.51. The molecule has 0 amide bonds. The minimum absolute atomic E-state index is 0.680.